The van der Waals surface area contributed by atoms with E-state index in [4.69, 9.17) is 23.7 Å². The number of ketones is 1. The van der Waals surface area contributed by atoms with E-state index in [1.165, 1.54) is 6.08 Å². The van der Waals surface area contributed by atoms with Gasteiger partial charge in [0, 0.05) is 23.8 Å². The van der Waals surface area contributed by atoms with Crippen molar-refractivity contribution in [3.63, 3.8) is 0 Å². The fourth-order valence-electron chi connectivity index (χ4n) is 9.88. The molecule has 10 nitrogen and oxygen atoms in total. The Morgan fingerprint density at radius 3 is 2.33 bits per heavy atom. The molecule has 5 fully saturated rings. The Hall–Kier alpha value is -2.96. The first-order valence-corrected chi connectivity index (χ1v) is 16.2. The van der Waals surface area contributed by atoms with Gasteiger partial charge in [0.2, 0.25) is 0 Å². The van der Waals surface area contributed by atoms with Crippen LogP contribution < -0.4 is 0 Å². The van der Waals surface area contributed by atoms with E-state index >= 15 is 0 Å². The van der Waals surface area contributed by atoms with Crippen LogP contribution in [0, 0.1) is 23.2 Å². The van der Waals surface area contributed by atoms with Crippen molar-refractivity contribution in [1.82, 2.24) is 0 Å². The number of carbonyl (C=O) groups excluding carboxylic acids is 2. The van der Waals surface area contributed by atoms with E-state index in [0.29, 0.717) is 12.0 Å². The molecular weight excluding hydrogens is 592 g/mol. The standard InChI is InChI=1S/C36H40O10/c1-20(2)33-27(42-25(39)16-15-22-11-7-5-8-12-22)21(3)35-26(29(33)44-36(45-33,46-35)23-13-9-6-10-14-23)28-32(19-37,43-28)30(40)34(41)24(38)17-18-31(34,35)4/h5-14,17-18,20-21,26-30,37,40-41H,15-16,19H2,1-4H3/t21?,26-,27?,28-,29?,30+,31+,32-,33?,34+,35?,36?/m0/s1. The molecule has 12 atom stereocenters. The van der Waals surface area contributed by atoms with E-state index in [1.807, 2.05) is 81.4 Å². The number of benzene rings is 2. The normalized spacial score (nSPS) is 47.7. The summed E-state index contributed by atoms with van der Waals surface area (Å²) in [7, 11) is 0. The van der Waals surface area contributed by atoms with Gasteiger partial charge in [-0.2, -0.15) is 0 Å². The second-order valence-electron chi connectivity index (χ2n) is 14.4. The Bertz CT molecular complexity index is 1610. The number of aliphatic hydroxyl groups excluding tert-OH is 2. The van der Waals surface area contributed by atoms with Crippen molar-refractivity contribution in [2.24, 2.45) is 23.2 Å². The van der Waals surface area contributed by atoms with Crippen LogP contribution in [0.1, 0.15) is 45.2 Å². The summed E-state index contributed by atoms with van der Waals surface area (Å²) in [6.07, 6.45) is -1.00. The van der Waals surface area contributed by atoms with Crippen LogP contribution in [0.25, 0.3) is 0 Å². The molecule has 6 aliphatic rings. The number of epoxide rings is 1. The SMILES string of the molecule is CC(C)C12OC3(c4ccccc4)OC1[C@@H]1[C@@H]4O[C@]4(CO)[C@@H](O)[C@]4(O)C(=O)C=C[C@@]4(C)C1(O3)C(C)C2OC(=O)CCc1ccccc1. The molecule has 6 unspecified atom stereocenters. The molecule has 244 valence electrons. The van der Waals surface area contributed by atoms with E-state index < -0.39 is 88.4 Å². The highest BCUT2D eigenvalue weighted by Gasteiger charge is 2.93. The maximum absolute atomic E-state index is 13.7. The van der Waals surface area contributed by atoms with Crippen LogP contribution in [0.3, 0.4) is 0 Å². The number of carbonyl (C=O) groups is 2. The van der Waals surface area contributed by atoms with Crippen LogP contribution in [0.15, 0.2) is 72.8 Å². The van der Waals surface area contributed by atoms with Gasteiger partial charge in [-0.3, -0.25) is 9.59 Å². The van der Waals surface area contributed by atoms with Crippen molar-refractivity contribution in [3.8, 4) is 0 Å². The van der Waals surface area contributed by atoms with Crippen molar-refractivity contribution in [2.45, 2.75) is 93.3 Å². The maximum atomic E-state index is 13.7. The van der Waals surface area contributed by atoms with Crippen LogP contribution >= 0.6 is 0 Å². The summed E-state index contributed by atoms with van der Waals surface area (Å²) in [6.45, 7) is 6.88. The lowest BCUT2D eigenvalue weighted by Gasteiger charge is -2.65. The molecule has 0 aromatic heterocycles. The molecule has 2 saturated carbocycles. The third-order valence-electron chi connectivity index (χ3n) is 12.2. The van der Waals surface area contributed by atoms with E-state index in [1.54, 1.807) is 13.0 Å². The van der Waals surface area contributed by atoms with Crippen LogP contribution in [0.5, 0.6) is 0 Å². The number of aryl methyl sites for hydroxylation is 1. The number of fused-ring (bicyclic) bond motifs is 3. The van der Waals surface area contributed by atoms with Crippen molar-refractivity contribution in [3.05, 3.63) is 83.9 Å². The van der Waals surface area contributed by atoms with Gasteiger partial charge in [0.1, 0.15) is 41.2 Å². The Labute approximate surface area is 267 Å². The second-order valence-corrected chi connectivity index (χ2v) is 14.4. The first-order valence-electron chi connectivity index (χ1n) is 16.2. The summed E-state index contributed by atoms with van der Waals surface area (Å²) >= 11 is 0. The molecule has 10 heteroatoms. The molecule has 3 bridgehead atoms. The summed E-state index contributed by atoms with van der Waals surface area (Å²) in [6, 6.07) is 18.8. The molecule has 3 aliphatic carbocycles. The van der Waals surface area contributed by atoms with Gasteiger partial charge in [-0.1, -0.05) is 87.5 Å². The number of ether oxygens (including phenoxy) is 5. The van der Waals surface area contributed by atoms with Crippen molar-refractivity contribution in [1.29, 1.82) is 0 Å². The van der Waals surface area contributed by atoms with Gasteiger partial charge in [0.15, 0.2) is 11.4 Å². The first-order chi connectivity index (χ1) is 21.9. The zero-order chi connectivity index (χ0) is 32.5. The molecule has 8 rings (SSSR count). The highest BCUT2D eigenvalue weighted by Crippen LogP contribution is 2.76. The number of hydrogen-bond donors (Lipinski definition) is 3. The Kier molecular flexibility index (Phi) is 6.32. The van der Waals surface area contributed by atoms with Gasteiger partial charge in [0.05, 0.1) is 12.0 Å². The topological polar surface area (TPSA) is 144 Å². The molecule has 0 radical (unpaired) electrons. The van der Waals surface area contributed by atoms with E-state index in [-0.39, 0.29) is 12.3 Å². The Morgan fingerprint density at radius 2 is 1.67 bits per heavy atom. The molecule has 2 aromatic rings. The molecule has 3 saturated heterocycles. The number of hydrogen-bond acceptors (Lipinski definition) is 10. The minimum absolute atomic E-state index is 0.117. The molecule has 3 aliphatic heterocycles. The average molecular weight is 633 g/mol. The summed E-state index contributed by atoms with van der Waals surface area (Å²) in [4.78, 5) is 27.5. The van der Waals surface area contributed by atoms with Gasteiger partial charge in [-0.25, -0.2) is 0 Å². The zero-order valence-corrected chi connectivity index (χ0v) is 26.3. The maximum Gasteiger partial charge on any atom is 0.313 e. The summed E-state index contributed by atoms with van der Waals surface area (Å²) in [5.41, 5.74) is -6.95. The lowest BCUT2D eigenvalue weighted by molar-refractivity contribution is -0.450. The summed E-state index contributed by atoms with van der Waals surface area (Å²) in [5.74, 6) is -4.72. The summed E-state index contributed by atoms with van der Waals surface area (Å²) in [5, 5.41) is 35.1. The fraction of sp³-hybridized carbons (Fsp3) is 0.556. The monoisotopic (exact) mass is 632 g/mol. The molecule has 3 heterocycles. The summed E-state index contributed by atoms with van der Waals surface area (Å²) < 4.78 is 33.9. The molecule has 3 N–H and O–H groups in total. The van der Waals surface area contributed by atoms with Gasteiger partial charge in [0.25, 0.3) is 0 Å². The fourth-order valence-corrected chi connectivity index (χ4v) is 9.88. The predicted molar refractivity (Wildman–Crippen MR) is 161 cm³/mol. The minimum atomic E-state index is -2.44. The number of esters is 1. The molecular formula is C36H40O10. The van der Waals surface area contributed by atoms with Crippen LogP contribution in [-0.4, -0.2) is 80.5 Å². The highest BCUT2D eigenvalue weighted by molar-refractivity contribution is 6.02. The quantitative estimate of drug-likeness (QED) is 0.308. The van der Waals surface area contributed by atoms with Gasteiger partial charge < -0.3 is 39.0 Å². The Morgan fingerprint density at radius 1 is 1.00 bits per heavy atom. The lowest BCUT2D eigenvalue weighted by atomic mass is 9.47. The van der Waals surface area contributed by atoms with Gasteiger partial charge >= 0.3 is 11.9 Å². The Balaban J connectivity index is 1.33. The minimum Gasteiger partial charge on any atom is -0.459 e. The lowest BCUT2D eigenvalue weighted by Crippen LogP contribution is -2.80. The third kappa shape index (κ3) is 3.31. The van der Waals surface area contributed by atoms with E-state index in [0.717, 1.165) is 5.56 Å². The van der Waals surface area contributed by atoms with Crippen molar-refractivity contribution < 1.29 is 48.6 Å². The van der Waals surface area contributed by atoms with Gasteiger partial charge in [-0.05, 0) is 30.9 Å². The number of aliphatic hydroxyl groups is 3. The highest BCUT2D eigenvalue weighted by atomic mass is 16.9. The average Bonchev–Trinajstić information content (AvgIpc) is 3.68. The number of rotatable bonds is 7. The molecule has 0 amide bonds. The van der Waals surface area contributed by atoms with Gasteiger partial charge in [-0.15, -0.1) is 0 Å². The van der Waals surface area contributed by atoms with Crippen LogP contribution in [0.4, 0.5) is 0 Å². The smallest absolute Gasteiger partial charge is 0.313 e. The molecule has 2 aromatic carbocycles. The molecule has 0 spiro atoms. The third-order valence-corrected chi connectivity index (χ3v) is 12.2. The van der Waals surface area contributed by atoms with E-state index in [2.05, 4.69) is 0 Å². The predicted octanol–water partition coefficient (Wildman–Crippen LogP) is 2.57. The van der Waals surface area contributed by atoms with Crippen LogP contribution in [-0.2, 0) is 45.7 Å². The first kappa shape index (κ1) is 30.4. The van der Waals surface area contributed by atoms with Crippen molar-refractivity contribution in [2.75, 3.05) is 6.61 Å². The second kappa shape index (κ2) is 9.56. The largest absolute Gasteiger partial charge is 0.459 e. The van der Waals surface area contributed by atoms with E-state index in [9.17, 15) is 24.9 Å². The van der Waals surface area contributed by atoms with Crippen LogP contribution in [0.2, 0.25) is 0 Å². The zero-order valence-electron chi connectivity index (χ0n) is 26.3. The van der Waals surface area contributed by atoms with Crippen molar-refractivity contribution >= 4 is 11.8 Å². The molecule has 46 heavy (non-hydrogen) atoms.